The van der Waals surface area contributed by atoms with Crippen LogP contribution in [0.2, 0.25) is 5.02 Å². The maximum atomic E-state index is 13.7. The van der Waals surface area contributed by atoms with Gasteiger partial charge in [0.25, 0.3) is 5.91 Å². The zero-order valence-corrected chi connectivity index (χ0v) is 15.7. The van der Waals surface area contributed by atoms with Crippen LogP contribution in [0.15, 0.2) is 24.3 Å². The fourth-order valence-electron chi connectivity index (χ4n) is 2.41. The Balaban J connectivity index is 1.70. The molecule has 0 aliphatic rings. The Bertz CT molecular complexity index is 980. The van der Waals surface area contributed by atoms with Crippen LogP contribution in [-0.2, 0) is 16.6 Å². The quantitative estimate of drug-likeness (QED) is 0.679. The minimum Gasteiger partial charge on any atom is -0.448 e. The van der Waals surface area contributed by atoms with E-state index in [1.807, 2.05) is 6.92 Å². The van der Waals surface area contributed by atoms with E-state index in [4.69, 9.17) is 16.3 Å². The minimum absolute atomic E-state index is 0.0750. The molecule has 3 rings (SSSR count). The lowest BCUT2D eigenvalue weighted by atomic mass is 10.2. The highest BCUT2D eigenvalue weighted by Gasteiger charge is 2.22. The van der Waals surface area contributed by atoms with Crippen molar-refractivity contribution in [2.24, 2.45) is 7.05 Å². The number of ether oxygens (including phenoxy) is 1. The number of benzene rings is 1. The van der Waals surface area contributed by atoms with Gasteiger partial charge in [-0.15, -0.1) is 11.3 Å². The Hall–Kier alpha value is -2.45. The van der Waals surface area contributed by atoms with E-state index in [1.165, 1.54) is 30.4 Å². The minimum atomic E-state index is -1.11. The number of halogens is 2. The lowest BCUT2D eigenvalue weighted by Crippen LogP contribution is -2.30. The number of rotatable bonds is 4. The Morgan fingerprint density at radius 2 is 2.12 bits per heavy atom. The van der Waals surface area contributed by atoms with Crippen molar-refractivity contribution >= 4 is 50.7 Å². The van der Waals surface area contributed by atoms with E-state index in [-0.39, 0.29) is 10.7 Å². The number of esters is 1. The summed E-state index contributed by atoms with van der Waals surface area (Å²) in [5.74, 6) is -1.91. The molecule has 1 atom stereocenters. The molecule has 3 aromatic rings. The van der Waals surface area contributed by atoms with Crippen LogP contribution in [0.5, 0.6) is 0 Å². The third-order valence-electron chi connectivity index (χ3n) is 3.74. The number of anilines is 1. The molecule has 26 heavy (non-hydrogen) atoms. The molecule has 1 amide bonds. The first kappa shape index (κ1) is 18.3. The van der Waals surface area contributed by atoms with Gasteiger partial charge >= 0.3 is 5.97 Å². The Morgan fingerprint density at radius 3 is 2.81 bits per heavy atom. The van der Waals surface area contributed by atoms with Gasteiger partial charge in [0.2, 0.25) is 0 Å². The van der Waals surface area contributed by atoms with E-state index in [1.54, 1.807) is 17.8 Å². The van der Waals surface area contributed by atoms with Crippen molar-refractivity contribution in [1.82, 2.24) is 9.78 Å². The van der Waals surface area contributed by atoms with Gasteiger partial charge in [-0.05, 0) is 38.1 Å². The van der Waals surface area contributed by atoms with Gasteiger partial charge in [-0.2, -0.15) is 5.10 Å². The molecule has 0 aliphatic heterocycles. The highest BCUT2D eigenvalue weighted by atomic mass is 35.5. The maximum absolute atomic E-state index is 13.7. The standard InChI is InChI=1S/C17H15ClFN3O3S/c1-8-11-7-14(26-16(11)22(3)21-8)17(24)25-9(2)15(23)20-13-6-10(18)4-5-12(13)19/h4-7,9H,1-3H3,(H,20,23)/t9-/m1/s1. The summed E-state index contributed by atoms with van der Waals surface area (Å²) in [6, 6.07) is 5.48. The second kappa shape index (κ2) is 7.05. The van der Waals surface area contributed by atoms with Gasteiger partial charge in [-0.3, -0.25) is 9.48 Å². The van der Waals surface area contributed by atoms with Crippen LogP contribution in [0, 0.1) is 12.7 Å². The lowest BCUT2D eigenvalue weighted by molar-refractivity contribution is -0.123. The van der Waals surface area contributed by atoms with Crippen molar-refractivity contribution in [3.8, 4) is 0 Å². The summed E-state index contributed by atoms with van der Waals surface area (Å²) in [6.45, 7) is 3.26. The number of hydrogen-bond acceptors (Lipinski definition) is 5. The number of aromatic nitrogens is 2. The van der Waals surface area contributed by atoms with E-state index in [0.29, 0.717) is 4.88 Å². The van der Waals surface area contributed by atoms with Gasteiger partial charge in [0.05, 0.1) is 11.4 Å². The summed E-state index contributed by atoms with van der Waals surface area (Å²) in [6.07, 6.45) is -1.11. The van der Waals surface area contributed by atoms with Gasteiger partial charge in [0, 0.05) is 17.5 Å². The zero-order valence-electron chi connectivity index (χ0n) is 14.2. The van der Waals surface area contributed by atoms with Crippen molar-refractivity contribution in [3.63, 3.8) is 0 Å². The van der Waals surface area contributed by atoms with Crippen molar-refractivity contribution in [3.05, 3.63) is 45.7 Å². The summed E-state index contributed by atoms with van der Waals surface area (Å²) in [5.41, 5.74) is 0.731. The van der Waals surface area contributed by atoms with Crippen molar-refractivity contribution in [2.75, 3.05) is 5.32 Å². The molecule has 2 heterocycles. The molecule has 0 bridgehead atoms. The number of fused-ring (bicyclic) bond motifs is 1. The fraction of sp³-hybridized carbons (Fsp3) is 0.235. The van der Waals surface area contributed by atoms with Crippen LogP contribution in [-0.4, -0.2) is 27.8 Å². The summed E-state index contributed by atoms with van der Waals surface area (Å²) >= 11 is 7.02. The molecule has 1 aromatic carbocycles. The smallest absolute Gasteiger partial charge is 0.349 e. The number of carbonyl (C=O) groups is 2. The van der Waals surface area contributed by atoms with Gasteiger partial charge in [0.1, 0.15) is 15.5 Å². The predicted octanol–water partition coefficient (Wildman–Crippen LogP) is 3.92. The third kappa shape index (κ3) is 3.56. The van der Waals surface area contributed by atoms with Crippen molar-refractivity contribution < 1.29 is 18.7 Å². The predicted molar refractivity (Wildman–Crippen MR) is 98.2 cm³/mol. The Labute approximate surface area is 157 Å². The number of nitrogens with zero attached hydrogens (tertiary/aromatic N) is 2. The molecule has 0 spiro atoms. The number of carbonyl (C=O) groups excluding carboxylic acids is 2. The summed E-state index contributed by atoms with van der Waals surface area (Å²) in [5, 5.41) is 7.77. The normalized spacial score (nSPS) is 12.2. The summed E-state index contributed by atoms with van der Waals surface area (Å²) in [7, 11) is 1.79. The van der Waals surface area contributed by atoms with E-state index in [0.717, 1.165) is 22.0 Å². The first-order valence-corrected chi connectivity index (χ1v) is 8.85. The largest absolute Gasteiger partial charge is 0.448 e. The van der Waals surface area contributed by atoms with Crippen LogP contribution in [0.3, 0.4) is 0 Å². The second-order valence-electron chi connectivity index (χ2n) is 5.70. The van der Waals surface area contributed by atoms with E-state index < -0.39 is 23.8 Å². The van der Waals surface area contributed by atoms with Crippen LogP contribution in [0.1, 0.15) is 22.3 Å². The average Bonchev–Trinajstić information content (AvgIpc) is 3.13. The fourth-order valence-corrected chi connectivity index (χ4v) is 3.58. The van der Waals surface area contributed by atoms with Gasteiger partial charge in [0.15, 0.2) is 6.10 Å². The molecule has 0 saturated heterocycles. The molecule has 6 nitrogen and oxygen atoms in total. The summed E-state index contributed by atoms with van der Waals surface area (Å²) in [4.78, 5) is 25.7. The van der Waals surface area contributed by atoms with Crippen LogP contribution >= 0.6 is 22.9 Å². The van der Waals surface area contributed by atoms with Gasteiger partial charge in [-0.1, -0.05) is 11.6 Å². The number of aryl methyl sites for hydroxylation is 2. The number of thiophene rings is 1. The lowest BCUT2D eigenvalue weighted by Gasteiger charge is -2.13. The highest BCUT2D eigenvalue weighted by Crippen LogP contribution is 2.28. The number of hydrogen-bond donors (Lipinski definition) is 1. The van der Waals surface area contributed by atoms with E-state index in [2.05, 4.69) is 10.4 Å². The molecule has 0 saturated carbocycles. The molecular formula is C17H15ClFN3O3S. The Morgan fingerprint density at radius 1 is 1.38 bits per heavy atom. The third-order valence-corrected chi connectivity index (χ3v) is 5.15. The topological polar surface area (TPSA) is 73.2 Å². The zero-order chi connectivity index (χ0) is 19.0. The summed E-state index contributed by atoms with van der Waals surface area (Å²) < 4.78 is 20.6. The first-order valence-electron chi connectivity index (χ1n) is 7.66. The molecule has 0 fully saturated rings. The van der Waals surface area contributed by atoms with Gasteiger partial charge < -0.3 is 10.1 Å². The molecule has 0 aliphatic carbocycles. The number of amides is 1. The van der Waals surface area contributed by atoms with Gasteiger partial charge in [-0.25, -0.2) is 9.18 Å². The monoisotopic (exact) mass is 395 g/mol. The molecule has 9 heteroatoms. The van der Waals surface area contributed by atoms with E-state index in [9.17, 15) is 14.0 Å². The molecule has 1 N–H and O–H groups in total. The maximum Gasteiger partial charge on any atom is 0.349 e. The van der Waals surface area contributed by atoms with E-state index >= 15 is 0 Å². The van der Waals surface area contributed by atoms with Crippen LogP contribution < -0.4 is 5.32 Å². The SMILES string of the molecule is Cc1nn(C)c2sc(C(=O)O[C@H](C)C(=O)Nc3cc(Cl)ccc3F)cc12. The second-order valence-corrected chi connectivity index (χ2v) is 7.17. The molecule has 2 aromatic heterocycles. The average molecular weight is 396 g/mol. The van der Waals surface area contributed by atoms with Crippen LogP contribution in [0.4, 0.5) is 10.1 Å². The molecule has 0 radical (unpaired) electrons. The van der Waals surface area contributed by atoms with Crippen LogP contribution in [0.25, 0.3) is 10.2 Å². The molecule has 136 valence electrons. The first-order chi connectivity index (χ1) is 12.3. The van der Waals surface area contributed by atoms with Crippen molar-refractivity contribution in [2.45, 2.75) is 20.0 Å². The molecular weight excluding hydrogens is 381 g/mol. The van der Waals surface area contributed by atoms with Crippen molar-refractivity contribution in [1.29, 1.82) is 0 Å². The number of nitrogens with one attached hydrogen (secondary N) is 1. The highest BCUT2D eigenvalue weighted by molar-refractivity contribution is 7.20. The Kier molecular flexibility index (Phi) is 4.97. The molecule has 0 unspecified atom stereocenters.